The number of aliphatic hydroxyl groups excluding tert-OH is 1. The van der Waals surface area contributed by atoms with Crippen molar-refractivity contribution in [1.82, 2.24) is 4.90 Å². The maximum atomic E-state index is 10.9. The number of rotatable bonds is 2. The van der Waals surface area contributed by atoms with Gasteiger partial charge in [-0.25, -0.2) is 4.79 Å². The van der Waals surface area contributed by atoms with Crippen LogP contribution in [0.4, 0.5) is 4.79 Å². The number of piperidine rings is 1. The Morgan fingerprint density at radius 1 is 1.39 bits per heavy atom. The van der Waals surface area contributed by atoms with Crippen LogP contribution in [0.3, 0.4) is 0 Å². The van der Waals surface area contributed by atoms with Crippen molar-refractivity contribution in [3.63, 3.8) is 0 Å². The molecule has 1 amide bonds. The van der Waals surface area contributed by atoms with Crippen LogP contribution in [0.25, 0.3) is 0 Å². The quantitative estimate of drug-likeness (QED) is 0.846. The number of nitrogens with zero attached hydrogens (tertiary/aromatic N) is 1. The van der Waals surface area contributed by atoms with Gasteiger partial charge in [0.1, 0.15) is 0 Å². The summed E-state index contributed by atoms with van der Waals surface area (Å²) in [6.07, 6.45) is 0.224. The number of aliphatic hydroxyl groups is 1. The smallest absolute Gasteiger partial charge is 0.407 e. The van der Waals surface area contributed by atoms with Crippen LogP contribution in [0.2, 0.25) is 0 Å². The molecule has 98 valence electrons. The van der Waals surface area contributed by atoms with Gasteiger partial charge in [-0.1, -0.05) is 29.8 Å². The Balaban J connectivity index is 2.06. The second kappa shape index (κ2) is 5.40. The van der Waals surface area contributed by atoms with Gasteiger partial charge in [-0.2, -0.15) is 0 Å². The molecule has 4 nitrogen and oxygen atoms in total. The number of benzene rings is 1. The zero-order valence-electron chi connectivity index (χ0n) is 10.5. The summed E-state index contributed by atoms with van der Waals surface area (Å²) >= 11 is 0. The van der Waals surface area contributed by atoms with Crippen molar-refractivity contribution in [3.8, 4) is 0 Å². The van der Waals surface area contributed by atoms with Gasteiger partial charge in [0.2, 0.25) is 0 Å². The molecule has 2 atom stereocenters. The third kappa shape index (κ3) is 2.82. The molecule has 1 aliphatic rings. The van der Waals surface area contributed by atoms with Crippen LogP contribution in [-0.4, -0.2) is 34.3 Å². The van der Waals surface area contributed by atoms with Gasteiger partial charge >= 0.3 is 6.09 Å². The zero-order valence-corrected chi connectivity index (χ0v) is 10.5. The fraction of sp³-hybridized carbons (Fsp3) is 0.500. The molecule has 0 radical (unpaired) electrons. The van der Waals surface area contributed by atoms with E-state index in [0.717, 1.165) is 24.0 Å². The van der Waals surface area contributed by atoms with Gasteiger partial charge in [0.15, 0.2) is 0 Å². The lowest BCUT2D eigenvalue weighted by molar-refractivity contribution is 0.0503. The molecule has 1 aromatic carbocycles. The van der Waals surface area contributed by atoms with Crippen molar-refractivity contribution >= 4 is 6.09 Å². The molecule has 2 N–H and O–H groups in total. The van der Waals surface area contributed by atoms with Crippen LogP contribution in [0.15, 0.2) is 24.3 Å². The highest BCUT2D eigenvalue weighted by molar-refractivity contribution is 5.65. The number of carboxylic acid groups (broad SMARTS) is 1. The molecule has 0 aromatic heterocycles. The predicted octanol–water partition coefficient (Wildman–Crippen LogP) is 2.42. The summed E-state index contributed by atoms with van der Waals surface area (Å²) in [5.74, 6) is -0.00226. The summed E-state index contributed by atoms with van der Waals surface area (Å²) in [5.41, 5.74) is 2.03. The molecule has 2 rings (SSSR count). The number of likely N-dealkylation sites (tertiary alicyclic amines) is 1. The molecule has 1 aliphatic heterocycles. The van der Waals surface area contributed by atoms with E-state index in [2.05, 4.69) is 0 Å². The molecule has 1 fully saturated rings. The second-order valence-corrected chi connectivity index (χ2v) is 4.99. The van der Waals surface area contributed by atoms with Gasteiger partial charge in [-0.3, -0.25) is 0 Å². The first-order valence-electron chi connectivity index (χ1n) is 6.30. The summed E-state index contributed by atoms with van der Waals surface area (Å²) in [4.78, 5) is 12.3. The molecule has 1 heterocycles. The lowest BCUT2D eigenvalue weighted by atomic mass is 9.88. The third-order valence-corrected chi connectivity index (χ3v) is 3.59. The molecule has 0 unspecified atom stereocenters. The number of hydrogen-bond acceptors (Lipinski definition) is 2. The maximum Gasteiger partial charge on any atom is 0.407 e. The number of hydrogen-bond donors (Lipinski definition) is 2. The van der Waals surface area contributed by atoms with Crippen molar-refractivity contribution < 1.29 is 15.0 Å². The van der Waals surface area contributed by atoms with Gasteiger partial charge < -0.3 is 15.1 Å². The average molecular weight is 249 g/mol. The van der Waals surface area contributed by atoms with Gasteiger partial charge in [0.05, 0.1) is 6.10 Å². The van der Waals surface area contributed by atoms with Crippen molar-refractivity contribution in [2.75, 3.05) is 13.1 Å². The van der Waals surface area contributed by atoms with Gasteiger partial charge in [0.25, 0.3) is 0 Å². The Hall–Kier alpha value is -1.55. The van der Waals surface area contributed by atoms with Gasteiger partial charge in [-0.15, -0.1) is 0 Å². The summed E-state index contributed by atoms with van der Waals surface area (Å²) < 4.78 is 0. The third-order valence-electron chi connectivity index (χ3n) is 3.59. The van der Waals surface area contributed by atoms with E-state index in [4.69, 9.17) is 5.11 Å². The Morgan fingerprint density at radius 3 is 2.67 bits per heavy atom. The lowest BCUT2D eigenvalue weighted by Crippen LogP contribution is -2.40. The minimum atomic E-state index is -0.893. The van der Waals surface area contributed by atoms with E-state index in [1.165, 1.54) is 4.90 Å². The summed E-state index contributed by atoms with van der Waals surface area (Å²) in [5, 5.41) is 19.3. The number of amides is 1. The molecule has 4 heteroatoms. The Kier molecular flexibility index (Phi) is 3.87. The number of aryl methyl sites for hydroxylation is 1. The fourth-order valence-corrected chi connectivity index (χ4v) is 2.48. The highest BCUT2D eigenvalue weighted by Crippen LogP contribution is 2.29. The average Bonchev–Trinajstić information content (AvgIpc) is 2.39. The van der Waals surface area contributed by atoms with E-state index in [1.54, 1.807) is 0 Å². The van der Waals surface area contributed by atoms with Crippen LogP contribution in [0, 0.1) is 12.8 Å². The SMILES string of the molecule is Cc1ccc([C@@H](O)[C@H]2CCCN(C(=O)O)C2)cc1. The van der Waals surface area contributed by atoms with E-state index in [1.807, 2.05) is 31.2 Å². The van der Waals surface area contributed by atoms with Crippen LogP contribution < -0.4 is 0 Å². The van der Waals surface area contributed by atoms with Gasteiger partial charge in [0, 0.05) is 19.0 Å². The minimum Gasteiger partial charge on any atom is -0.465 e. The Labute approximate surface area is 107 Å². The lowest BCUT2D eigenvalue weighted by Gasteiger charge is -2.33. The van der Waals surface area contributed by atoms with Crippen LogP contribution in [0.5, 0.6) is 0 Å². The van der Waals surface area contributed by atoms with E-state index in [0.29, 0.717) is 13.1 Å². The van der Waals surface area contributed by atoms with Crippen LogP contribution >= 0.6 is 0 Å². The summed E-state index contributed by atoms with van der Waals surface area (Å²) in [6.45, 7) is 3.00. The summed E-state index contributed by atoms with van der Waals surface area (Å²) in [6, 6.07) is 7.77. The highest BCUT2D eigenvalue weighted by atomic mass is 16.4. The van der Waals surface area contributed by atoms with E-state index in [9.17, 15) is 9.90 Å². The molecule has 1 saturated heterocycles. The monoisotopic (exact) mass is 249 g/mol. The van der Waals surface area contributed by atoms with Crippen molar-refractivity contribution in [1.29, 1.82) is 0 Å². The van der Waals surface area contributed by atoms with E-state index < -0.39 is 12.2 Å². The largest absolute Gasteiger partial charge is 0.465 e. The maximum absolute atomic E-state index is 10.9. The van der Waals surface area contributed by atoms with Crippen LogP contribution in [-0.2, 0) is 0 Å². The molecular formula is C14H19NO3. The zero-order chi connectivity index (χ0) is 13.1. The molecule has 0 aliphatic carbocycles. The fourth-order valence-electron chi connectivity index (χ4n) is 2.48. The standard InChI is InChI=1S/C14H19NO3/c1-10-4-6-11(7-5-10)13(16)12-3-2-8-15(9-12)14(17)18/h4-7,12-13,16H,2-3,8-9H2,1H3,(H,17,18)/t12-,13+/m0/s1. The Morgan fingerprint density at radius 2 is 2.06 bits per heavy atom. The second-order valence-electron chi connectivity index (χ2n) is 4.99. The van der Waals surface area contributed by atoms with Crippen LogP contribution in [0.1, 0.15) is 30.1 Å². The molecule has 0 saturated carbocycles. The normalized spacial score (nSPS) is 21.7. The predicted molar refractivity (Wildman–Crippen MR) is 68.5 cm³/mol. The highest BCUT2D eigenvalue weighted by Gasteiger charge is 2.28. The first-order chi connectivity index (χ1) is 8.58. The molecule has 0 bridgehead atoms. The van der Waals surface area contributed by atoms with Crippen molar-refractivity contribution in [2.24, 2.45) is 5.92 Å². The topological polar surface area (TPSA) is 60.8 Å². The summed E-state index contributed by atoms with van der Waals surface area (Å²) in [7, 11) is 0. The Bertz CT molecular complexity index is 416. The molecule has 18 heavy (non-hydrogen) atoms. The number of carbonyl (C=O) groups is 1. The van der Waals surface area contributed by atoms with Gasteiger partial charge in [-0.05, 0) is 25.3 Å². The van der Waals surface area contributed by atoms with Crippen molar-refractivity contribution in [3.05, 3.63) is 35.4 Å². The molecule has 0 spiro atoms. The molecular weight excluding hydrogens is 230 g/mol. The van der Waals surface area contributed by atoms with E-state index in [-0.39, 0.29) is 5.92 Å². The first kappa shape index (κ1) is 12.9. The van der Waals surface area contributed by atoms with Crippen molar-refractivity contribution in [2.45, 2.75) is 25.9 Å². The minimum absolute atomic E-state index is 0.00226. The molecule has 1 aromatic rings. The first-order valence-corrected chi connectivity index (χ1v) is 6.30. The van der Waals surface area contributed by atoms with E-state index >= 15 is 0 Å².